The minimum absolute atomic E-state index is 0.235. The molecule has 0 spiro atoms. The number of nitrogens with zero attached hydrogens (tertiary/aromatic N) is 4. The Labute approximate surface area is 154 Å². The Morgan fingerprint density at radius 1 is 1.26 bits per heavy atom. The number of aromatic nitrogens is 4. The molecule has 2 saturated heterocycles. The van der Waals surface area contributed by atoms with Crippen molar-refractivity contribution in [3.8, 4) is 11.3 Å². The van der Waals surface area contributed by atoms with Gasteiger partial charge in [-0.1, -0.05) is 35.5 Å². The molecule has 5 atom stereocenters. The largest absolute Gasteiger partial charge is 0.389 e. The Bertz CT molecular complexity index is 884. The van der Waals surface area contributed by atoms with Crippen LogP contribution in [-0.4, -0.2) is 56.2 Å². The van der Waals surface area contributed by atoms with Crippen LogP contribution in [0.4, 0.5) is 0 Å². The lowest BCUT2D eigenvalue weighted by atomic mass is 9.96. The molecule has 2 aromatic heterocycles. The predicted molar refractivity (Wildman–Crippen MR) is 92.2 cm³/mol. The molecule has 27 heavy (non-hydrogen) atoms. The molecule has 5 rings (SSSR count). The monoisotopic (exact) mass is 369 g/mol. The summed E-state index contributed by atoms with van der Waals surface area (Å²) in [7, 11) is 0. The van der Waals surface area contributed by atoms with Gasteiger partial charge in [-0.25, -0.2) is 9.67 Å². The highest BCUT2D eigenvalue weighted by molar-refractivity contribution is 5.58. The Kier molecular flexibility index (Phi) is 4.21. The average Bonchev–Trinajstić information content (AvgIpc) is 3.44. The third-order valence-corrected chi connectivity index (χ3v) is 5.01. The van der Waals surface area contributed by atoms with Crippen molar-refractivity contribution in [2.24, 2.45) is 0 Å². The van der Waals surface area contributed by atoms with E-state index in [1.807, 2.05) is 36.4 Å². The van der Waals surface area contributed by atoms with Gasteiger partial charge in [0.2, 0.25) is 0 Å². The number of rotatable bonds is 5. The second kappa shape index (κ2) is 6.86. The summed E-state index contributed by atoms with van der Waals surface area (Å²) < 4.78 is 18.6. The molecule has 140 valence electrons. The van der Waals surface area contributed by atoms with Gasteiger partial charge in [0.1, 0.15) is 30.5 Å². The molecule has 0 unspecified atom stereocenters. The molecule has 0 amide bonds. The van der Waals surface area contributed by atoms with Crippen LogP contribution in [-0.2, 0) is 16.0 Å². The third kappa shape index (κ3) is 3.04. The second-order valence-electron chi connectivity index (χ2n) is 6.68. The predicted octanol–water partition coefficient (Wildman–Crippen LogP) is 0.749. The number of aliphatic hydroxyl groups is 1. The van der Waals surface area contributed by atoms with Gasteiger partial charge in [-0.2, -0.15) is 5.10 Å². The minimum atomic E-state index is -0.741. The summed E-state index contributed by atoms with van der Waals surface area (Å²) in [4.78, 5) is 3.95. The fourth-order valence-electron chi connectivity index (χ4n) is 3.67. The minimum Gasteiger partial charge on any atom is -0.389 e. The summed E-state index contributed by atoms with van der Waals surface area (Å²) in [6.45, 7) is 0.826. The number of fused-ring (bicyclic) bond motifs is 2. The first-order valence-corrected chi connectivity index (χ1v) is 8.83. The van der Waals surface area contributed by atoms with Gasteiger partial charge >= 0.3 is 0 Å². The first-order valence-electron chi connectivity index (χ1n) is 8.83. The average molecular weight is 369 g/mol. The highest BCUT2D eigenvalue weighted by Gasteiger charge is 2.51. The molecule has 0 saturated carbocycles. The van der Waals surface area contributed by atoms with E-state index < -0.39 is 18.4 Å². The van der Waals surface area contributed by atoms with Gasteiger partial charge in [0.05, 0.1) is 25.3 Å². The number of benzene rings is 1. The van der Waals surface area contributed by atoms with Crippen LogP contribution < -0.4 is 5.32 Å². The summed E-state index contributed by atoms with van der Waals surface area (Å²) in [6.07, 6.45) is 1.48. The molecular formula is C18H19N5O4. The number of nitrogens with one attached hydrogen (secondary N) is 1. The van der Waals surface area contributed by atoms with Crippen LogP contribution in [0.25, 0.3) is 11.3 Å². The number of hydrogen-bond donors (Lipinski definition) is 2. The molecule has 0 aliphatic carbocycles. The lowest BCUT2D eigenvalue weighted by Crippen LogP contribution is -2.57. The standard InChI is InChI=1S/C18H19N5O4/c24-17-15(14-8-25-18(26-14)16(17)23-10-19-9-21-23)20-7-12-6-13(22-27-12)11-4-2-1-3-5-11/h1-6,9-10,14-18,20,24H,7-8H2/t14-,15-,16-,17+,18-/m1/s1. The summed E-state index contributed by atoms with van der Waals surface area (Å²) in [5, 5.41) is 22.4. The van der Waals surface area contributed by atoms with Crippen LogP contribution in [0.1, 0.15) is 11.8 Å². The van der Waals surface area contributed by atoms with Gasteiger partial charge in [-0.15, -0.1) is 0 Å². The van der Waals surface area contributed by atoms with E-state index in [0.717, 1.165) is 11.3 Å². The van der Waals surface area contributed by atoms with Crippen molar-refractivity contribution >= 4 is 0 Å². The Morgan fingerprint density at radius 3 is 2.96 bits per heavy atom. The summed E-state index contributed by atoms with van der Waals surface area (Å²) in [6, 6.07) is 10.9. The molecule has 1 aromatic carbocycles. The maximum Gasteiger partial charge on any atom is 0.183 e. The maximum absolute atomic E-state index is 10.9. The lowest BCUT2D eigenvalue weighted by Gasteiger charge is -2.38. The zero-order chi connectivity index (χ0) is 18.2. The fourth-order valence-corrected chi connectivity index (χ4v) is 3.67. The Hall–Kier alpha value is -2.59. The van der Waals surface area contributed by atoms with E-state index in [1.165, 1.54) is 6.33 Å². The molecule has 2 aliphatic heterocycles. The Morgan fingerprint density at radius 2 is 2.15 bits per heavy atom. The van der Waals surface area contributed by atoms with E-state index in [-0.39, 0.29) is 12.1 Å². The summed E-state index contributed by atoms with van der Waals surface area (Å²) >= 11 is 0. The van der Waals surface area contributed by atoms with Gasteiger partial charge in [-0.05, 0) is 0 Å². The quantitative estimate of drug-likeness (QED) is 0.678. The van der Waals surface area contributed by atoms with E-state index in [4.69, 9.17) is 14.0 Å². The highest BCUT2D eigenvalue weighted by Crippen LogP contribution is 2.35. The smallest absolute Gasteiger partial charge is 0.183 e. The molecule has 9 heteroatoms. The van der Waals surface area contributed by atoms with Crippen LogP contribution in [0, 0.1) is 0 Å². The van der Waals surface area contributed by atoms with E-state index >= 15 is 0 Å². The zero-order valence-electron chi connectivity index (χ0n) is 14.4. The molecule has 4 heterocycles. The maximum atomic E-state index is 10.9. The summed E-state index contributed by atoms with van der Waals surface area (Å²) in [5.74, 6) is 0.680. The molecule has 2 fully saturated rings. The van der Waals surface area contributed by atoms with Crippen molar-refractivity contribution in [3.05, 3.63) is 54.8 Å². The molecule has 2 N–H and O–H groups in total. The SMILES string of the molecule is O[C@H]1[C@H](NCc2cc(-c3ccccc3)no2)[C@H]2CO[C@H](O2)[C@@H]1n1cncn1. The molecule has 2 bridgehead atoms. The van der Waals surface area contributed by atoms with Crippen LogP contribution >= 0.6 is 0 Å². The van der Waals surface area contributed by atoms with E-state index in [2.05, 4.69) is 20.6 Å². The van der Waals surface area contributed by atoms with Crippen molar-refractivity contribution < 1.29 is 19.1 Å². The topological polar surface area (TPSA) is 107 Å². The van der Waals surface area contributed by atoms with Crippen molar-refractivity contribution in [3.63, 3.8) is 0 Å². The van der Waals surface area contributed by atoms with Crippen LogP contribution in [0.15, 0.2) is 53.6 Å². The molecule has 2 aliphatic rings. The first kappa shape index (κ1) is 16.6. The van der Waals surface area contributed by atoms with Crippen molar-refractivity contribution in [1.82, 2.24) is 25.2 Å². The zero-order valence-corrected chi connectivity index (χ0v) is 14.4. The number of ether oxygens (including phenoxy) is 2. The summed E-state index contributed by atoms with van der Waals surface area (Å²) in [5.41, 5.74) is 1.77. The lowest BCUT2D eigenvalue weighted by molar-refractivity contribution is -0.168. The molecular weight excluding hydrogens is 350 g/mol. The van der Waals surface area contributed by atoms with Crippen molar-refractivity contribution in [2.75, 3.05) is 6.61 Å². The van der Waals surface area contributed by atoms with Crippen LogP contribution in [0.5, 0.6) is 0 Å². The van der Waals surface area contributed by atoms with Crippen molar-refractivity contribution in [1.29, 1.82) is 0 Å². The van der Waals surface area contributed by atoms with E-state index in [0.29, 0.717) is 18.9 Å². The van der Waals surface area contributed by atoms with E-state index in [1.54, 1.807) is 11.0 Å². The van der Waals surface area contributed by atoms with Crippen LogP contribution in [0.3, 0.4) is 0 Å². The van der Waals surface area contributed by atoms with Gasteiger partial charge < -0.3 is 24.4 Å². The van der Waals surface area contributed by atoms with Crippen molar-refractivity contribution in [2.45, 2.75) is 37.1 Å². The Balaban J connectivity index is 1.30. The van der Waals surface area contributed by atoms with Gasteiger partial charge in [0.25, 0.3) is 0 Å². The number of aliphatic hydroxyl groups excluding tert-OH is 1. The second-order valence-corrected chi connectivity index (χ2v) is 6.68. The normalized spacial score (nSPS) is 29.9. The first-order chi connectivity index (χ1) is 13.3. The molecule has 9 nitrogen and oxygen atoms in total. The third-order valence-electron chi connectivity index (χ3n) is 5.01. The fraction of sp³-hybridized carbons (Fsp3) is 0.389. The van der Waals surface area contributed by atoms with Gasteiger partial charge in [0, 0.05) is 11.6 Å². The molecule has 3 aromatic rings. The van der Waals surface area contributed by atoms with Gasteiger partial charge in [0.15, 0.2) is 12.1 Å². The van der Waals surface area contributed by atoms with E-state index in [9.17, 15) is 5.11 Å². The molecule has 0 radical (unpaired) electrons. The highest BCUT2D eigenvalue weighted by atomic mass is 16.7. The van der Waals surface area contributed by atoms with Gasteiger partial charge in [-0.3, -0.25) is 0 Å². The van der Waals surface area contributed by atoms with Crippen LogP contribution in [0.2, 0.25) is 0 Å². The number of hydrogen-bond acceptors (Lipinski definition) is 8.